The molecule has 0 unspecified atom stereocenters. The Morgan fingerprint density at radius 1 is 1.17 bits per heavy atom. The maximum Gasteiger partial charge on any atom is 0.261 e. The lowest BCUT2D eigenvalue weighted by Gasteiger charge is -2.11. The highest BCUT2D eigenvalue weighted by molar-refractivity contribution is 7.98. The van der Waals surface area contributed by atoms with E-state index in [0.29, 0.717) is 41.8 Å². The number of amides is 1. The van der Waals surface area contributed by atoms with Crippen LogP contribution in [-0.4, -0.2) is 35.9 Å². The van der Waals surface area contributed by atoms with Gasteiger partial charge in [-0.05, 0) is 36.9 Å². The quantitative estimate of drug-likeness (QED) is 0.569. The van der Waals surface area contributed by atoms with Crippen LogP contribution in [0.15, 0.2) is 52.4 Å². The fourth-order valence-electron chi connectivity index (χ4n) is 2.98. The second kappa shape index (κ2) is 9.47. The number of carbonyl (C=O) groups is 1. The SMILES string of the molecule is COc1cc2ncn(CCCC(=O)Nc3cccc(SC)c3)c(=O)c2cc1OC. The molecular weight excluding hydrogens is 390 g/mol. The van der Waals surface area contributed by atoms with E-state index >= 15 is 0 Å². The van der Waals surface area contributed by atoms with Gasteiger partial charge in [-0.25, -0.2) is 4.98 Å². The van der Waals surface area contributed by atoms with Crippen LogP contribution in [0.2, 0.25) is 0 Å². The summed E-state index contributed by atoms with van der Waals surface area (Å²) in [6.45, 7) is 0.397. The molecule has 0 saturated heterocycles. The summed E-state index contributed by atoms with van der Waals surface area (Å²) in [4.78, 5) is 30.4. The standard InChI is InChI=1S/C21H23N3O4S/c1-27-18-11-16-17(12-19(18)28-2)22-13-24(21(16)26)9-5-8-20(25)23-14-6-4-7-15(10-14)29-3/h4,6-7,10-13H,5,8-9H2,1-3H3,(H,23,25). The number of benzene rings is 2. The molecule has 0 spiro atoms. The van der Waals surface area contributed by atoms with Crippen molar-refractivity contribution in [1.29, 1.82) is 0 Å². The summed E-state index contributed by atoms with van der Waals surface area (Å²) in [6.07, 6.45) is 4.31. The third-order valence-corrected chi connectivity index (χ3v) is 5.21. The Balaban J connectivity index is 1.66. The van der Waals surface area contributed by atoms with Crippen LogP contribution >= 0.6 is 11.8 Å². The van der Waals surface area contributed by atoms with E-state index in [0.717, 1.165) is 10.6 Å². The van der Waals surface area contributed by atoms with Gasteiger partial charge in [-0.3, -0.25) is 14.2 Å². The molecule has 1 heterocycles. The lowest BCUT2D eigenvalue weighted by molar-refractivity contribution is -0.116. The minimum absolute atomic E-state index is 0.0866. The summed E-state index contributed by atoms with van der Waals surface area (Å²) >= 11 is 1.62. The molecule has 0 aliphatic carbocycles. The Morgan fingerprint density at radius 2 is 1.93 bits per heavy atom. The molecule has 8 heteroatoms. The molecule has 1 N–H and O–H groups in total. The fraction of sp³-hybridized carbons (Fsp3) is 0.286. The first kappa shape index (κ1) is 20.7. The van der Waals surface area contributed by atoms with E-state index < -0.39 is 0 Å². The van der Waals surface area contributed by atoms with Crippen LogP contribution < -0.4 is 20.3 Å². The molecule has 2 aromatic carbocycles. The van der Waals surface area contributed by atoms with Crippen molar-refractivity contribution < 1.29 is 14.3 Å². The number of carbonyl (C=O) groups excluding carboxylic acids is 1. The minimum atomic E-state index is -0.177. The van der Waals surface area contributed by atoms with Gasteiger partial charge < -0.3 is 14.8 Å². The van der Waals surface area contributed by atoms with E-state index in [9.17, 15) is 9.59 Å². The second-order valence-corrected chi connectivity index (χ2v) is 7.23. The van der Waals surface area contributed by atoms with Crippen LogP contribution in [0.25, 0.3) is 10.9 Å². The zero-order valence-corrected chi connectivity index (χ0v) is 17.4. The maximum atomic E-state index is 12.8. The first-order chi connectivity index (χ1) is 14.0. The topological polar surface area (TPSA) is 82.5 Å². The molecule has 0 bridgehead atoms. The third-order valence-electron chi connectivity index (χ3n) is 4.49. The number of anilines is 1. The Labute approximate surface area is 173 Å². The van der Waals surface area contributed by atoms with Crippen LogP contribution in [-0.2, 0) is 11.3 Å². The summed E-state index contributed by atoms with van der Waals surface area (Å²) in [5.74, 6) is 0.909. The molecule has 7 nitrogen and oxygen atoms in total. The van der Waals surface area contributed by atoms with E-state index in [-0.39, 0.29) is 11.5 Å². The second-order valence-electron chi connectivity index (χ2n) is 6.35. The summed E-state index contributed by atoms with van der Waals surface area (Å²) < 4.78 is 12.0. The van der Waals surface area contributed by atoms with Gasteiger partial charge in [-0.2, -0.15) is 0 Å². The van der Waals surface area contributed by atoms with E-state index in [2.05, 4.69) is 10.3 Å². The normalized spacial score (nSPS) is 10.7. The van der Waals surface area contributed by atoms with Gasteiger partial charge in [0.05, 0.1) is 31.4 Å². The van der Waals surface area contributed by atoms with E-state index in [1.165, 1.54) is 25.1 Å². The van der Waals surface area contributed by atoms with Crippen molar-refractivity contribution in [2.75, 3.05) is 25.8 Å². The number of hydrogen-bond acceptors (Lipinski definition) is 6. The number of rotatable bonds is 8. The first-order valence-corrected chi connectivity index (χ1v) is 10.3. The van der Waals surface area contributed by atoms with Crippen molar-refractivity contribution in [3.8, 4) is 11.5 Å². The number of aryl methyl sites for hydroxylation is 1. The maximum absolute atomic E-state index is 12.8. The predicted octanol–water partition coefficient (Wildman–Crippen LogP) is 3.55. The molecule has 0 atom stereocenters. The number of thioether (sulfide) groups is 1. The lowest BCUT2D eigenvalue weighted by Crippen LogP contribution is -2.22. The monoisotopic (exact) mass is 413 g/mol. The smallest absolute Gasteiger partial charge is 0.261 e. The van der Waals surface area contributed by atoms with Crippen LogP contribution in [0.3, 0.4) is 0 Å². The van der Waals surface area contributed by atoms with E-state index in [1.54, 1.807) is 23.9 Å². The minimum Gasteiger partial charge on any atom is -0.493 e. The molecule has 29 heavy (non-hydrogen) atoms. The number of aromatic nitrogens is 2. The van der Waals surface area contributed by atoms with Crippen LogP contribution in [0.4, 0.5) is 5.69 Å². The molecule has 3 aromatic rings. The first-order valence-electron chi connectivity index (χ1n) is 9.10. The van der Waals surface area contributed by atoms with Gasteiger partial charge in [-0.15, -0.1) is 11.8 Å². The van der Waals surface area contributed by atoms with Gasteiger partial charge in [-0.1, -0.05) is 6.07 Å². The van der Waals surface area contributed by atoms with Crippen molar-refractivity contribution >= 4 is 34.3 Å². The molecule has 1 amide bonds. The number of ether oxygens (including phenoxy) is 2. The van der Waals surface area contributed by atoms with Crippen LogP contribution in [0.5, 0.6) is 11.5 Å². The summed E-state index contributed by atoms with van der Waals surface area (Å²) in [7, 11) is 3.05. The van der Waals surface area contributed by atoms with Crippen molar-refractivity contribution in [1.82, 2.24) is 9.55 Å². The largest absolute Gasteiger partial charge is 0.493 e. The van der Waals surface area contributed by atoms with Crippen molar-refractivity contribution in [3.05, 3.63) is 53.1 Å². The molecular formula is C21H23N3O4S. The Bertz CT molecular complexity index is 1080. The molecule has 0 aliphatic heterocycles. The lowest BCUT2D eigenvalue weighted by atomic mass is 10.2. The molecule has 0 aliphatic rings. The average Bonchev–Trinajstić information content (AvgIpc) is 2.74. The average molecular weight is 413 g/mol. The molecule has 3 rings (SSSR count). The Hall–Kier alpha value is -3.00. The number of nitrogens with one attached hydrogen (secondary N) is 1. The molecule has 1 aromatic heterocycles. The zero-order valence-electron chi connectivity index (χ0n) is 16.6. The number of nitrogens with zero attached hydrogens (tertiary/aromatic N) is 2. The van der Waals surface area contributed by atoms with Crippen LogP contribution in [0, 0.1) is 0 Å². The van der Waals surface area contributed by atoms with Crippen molar-refractivity contribution in [3.63, 3.8) is 0 Å². The van der Waals surface area contributed by atoms with E-state index in [4.69, 9.17) is 9.47 Å². The number of hydrogen-bond donors (Lipinski definition) is 1. The summed E-state index contributed by atoms with van der Waals surface area (Å²) in [5, 5.41) is 3.34. The van der Waals surface area contributed by atoms with Gasteiger partial charge in [0.15, 0.2) is 11.5 Å². The highest BCUT2D eigenvalue weighted by Gasteiger charge is 2.11. The van der Waals surface area contributed by atoms with Gasteiger partial charge in [0.1, 0.15) is 0 Å². The predicted molar refractivity (Wildman–Crippen MR) is 115 cm³/mol. The number of fused-ring (bicyclic) bond motifs is 1. The molecule has 0 radical (unpaired) electrons. The van der Waals surface area contributed by atoms with Crippen molar-refractivity contribution in [2.45, 2.75) is 24.3 Å². The van der Waals surface area contributed by atoms with Crippen LogP contribution in [0.1, 0.15) is 12.8 Å². The Morgan fingerprint density at radius 3 is 2.66 bits per heavy atom. The molecule has 0 fully saturated rings. The number of methoxy groups -OCH3 is 2. The summed E-state index contributed by atoms with van der Waals surface area (Å²) in [6, 6.07) is 11.0. The highest BCUT2D eigenvalue weighted by Crippen LogP contribution is 2.29. The van der Waals surface area contributed by atoms with Gasteiger partial charge in [0, 0.05) is 29.6 Å². The third kappa shape index (κ3) is 4.89. The molecule has 152 valence electrons. The van der Waals surface area contributed by atoms with Crippen molar-refractivity contribution in [2.24, 2.45) is 0 Å². The van der Waals surface area contributed by atoms with Gasteiger partial charge >= 0.3 is 0 Å². The van der Waals surface area contributed by atoms with Gasteiger partial charge in [0.25, 0.3) is 5.56 Å². The fourth-order valence-corrected chi connectivity index (χ4v) is 3.44. The van der Waals surface area contributed by atoms with Gasteiger partial charge in [0.2, 0.25) is 5.91 Å². The zero-order chi connectivity index (χ0) is 20.8. The summed E-state index contributed by atoms with van der Waals surface area (Å²) in [5.41, 5.74) is 1.13. The highest BCUT2D eigenvalue weighted by atomic mass is 32.2. The molecule has 0 saturated carbocycles. The van der Waals surface area contributed by atoms with E-state index in [1.807, 2.05) is 30.5 Å². The Kier molecular flexibility index (Phi) is 6.77.